The van der Waals surface area contributed by atoms with Gasteiger partial charge in [-0.3, -0.25) is 4.79 Å². The number of ether oxygens (including phenoxy) is 1. The Morgan fingerprint density at radius 1 is 1.03 bits per heavy atom. The minimum atomic E-state index is -4.49. The summed E-state index contributed by atoms with van der Waals surface area (Å²) < 4.78 is 43.8. The fourth-order valence-corrected chi connectivity index (χ4v) is 2.92. The van der Waals surface area contributed by atoms with Crippen molar-refractivity contribution in [3.63, 3.8) is 0 Å². The third-order valence-electron chi connectivity index (χ3n) is 4.24. The van der Waals surface area contributed by atoms with Gasteiger partial charge >= 0.3 is 6.18 Å². The lowest BCUT2D eigenvalue weighted by Gasteiger charge is -2.13. The van der Waals surface area contributed by atoms with Gasteiger partial charge in [-0.15, -0.1) is 0 Å². The zero-order chi connectivity index (χ0) is 21.1. The lowest BCUT2D eigenvalue weighted by atomic mass is 10.1. The van der Waals surface area contributed by atoms with Crippen LogP contribution in [0.4, 0.5) is 18.9 Å². The number of nitrogens with one attached hydrogen (secondary N) is 1. The molecule has 4 aromatic rings. The van der Waals surface area contributed by atoms with Crippen LogP contribution in [-0.4, -0.2) is 33.3 Å². The summed E-state index contributed by atoms with van der Waals surface area (Å²) in [6.45, 7) is -1.46. The van der Waals surface area contributed by atoms with Crippen LogP contribution in [0.25, 0.3) is 16.9 Å². The molecule has 0 fully saturated rings. The summed E-state index contributed by atoms with van der Waals surface area (Å²) >= 11 is 0. The van der Waals surface area contributed by atoms with Gasteiger partial charge in [-0.2, -0.15) is 18.3 Å². The van der Waals surface area contributed by atoms with Crippen LogP contribution in [0, 0.1) is 0 Å². The van der Waals surface area contributed by atoms with Crippen LogP contribution >= 0.6 is 0 Å². The number of hydrogen-bond donors (Lipinski definition) is 1. The maximum atomic E-state index is 12.8. The van der Waals surface area contributed by atoms with E-state index in [2.05, 4.69) is 15.4 Å². The second-order valence-corrected chi connectivity index (χ2v) is 6.34. The number of alkyl halides is 3. The quantitative estimate of drug-likeness (QED) is 0.521. The fraction of sp³-hybridized carbons (Fsp3) is 0.0952. The molecule has 2 aromatic carbocycles. The van der Waals surface area contributed by atoms with E-state index in [0.29, 0.717) is 5.65 Å². The third kappa shape index (κ3) is 4.09. The third-order valence-corrected chi connectivity index (χ3v) is 4.24. The number of rotatable bonds is 5. The molecular weight excluding hydrogens is 397 g/mol. The number of carbonyl (C=O) groups is 1. The van der Waals surface area contributed by atoms with Crippen molar-refractivity contribution in [3.05, 3.63) is 78.6 Å². The predicted molar refractivity (Wildman–Crippen MR) is 104 cm³/mol. The number of hydrogen-bond acceptors (Lipinski definition) is 4. The molecule has 0 atom stereocenters. The summed E-state index contributed by atoms with van der Waals surface area (Å²) in [6.07, 6.45) is -1.56. The second-order valence-electron chi connectivity index (χ2n) is 6.34. The number of fused-ring (bicyclic) bond motifs is 1. The molecule has 9 heteroatoms. The van der Waals surface area contributed by atoms with Crippen LogP contribution in [0.2, 0.25) is 0 Å². The average molecular weight is 412 g/mol. The lowest BCUT2D eigenvalue weighted by molar-refractivity contribution is -0.153. The summed E-state index contributed by atoms with van der Waals surface area (Å²) in [5, 5.41) is 6.84. The summed E-state index contributed by atoms with van der Waals surface area (Å²) in [7, 11) is 0. The van der Waals surface area contributed by atoms with Crippen LogP contribution in [0.3, 0.4) is 0 Å². The number of halogens is 3. The summed E-state index contributed by atoms with van der Waals surface area (Å²) in [5.41, 5.74) is 2.26. The molecule has 0 radical (unpaired) electrons. The minimum absolute atomic E-state index is 0.0856. The van der Waals surface area contributed by atoms with Crippen LogP contribution in [0.15, 0.2) is 73.1 Å². The molecule has 0 aliphatic heterocycles. The van der Waals surface area contributed by atoms with Crippen LogP contribution in [-0.2, 0) is 0 Å². The minimum Gasteiger partial charge on any atom is -0.482 e. The second kappa shape index (κ2) is 7.86. The molecule has 2 aromatic heterocycles. The number of nitrogens with zero attached hydrogens (tertiary/aromatic N) is 3. The standard InChI is InChI=1S/C21H15F3N4O2/c22-21(23,24)13-30-18-9-5-4-8-16(18)27-20(29)15-12-26-28-17(10-11-25-19(15)28)14-6-2-1-3-7-14/h1-12H,13H2,(H,27,29). The molecule has 0 aliphatic rings. The van der Waals surface area contributed by atoms with Gasteiger partial charge in [-0.1, -0.05) is 42.5 Å². The Morgan fingerprint density at radius 2 is 1.77 bits per heavy atom. The molecule has 0 aliphatic carbocycles. The van der Waals surface area contributed by atoms with Gasteiger partial charge in [0.05, 0.1) is 17.6 Å². The molecule has 0 spiro atoms. The van der Waals surface area contributed by atoms with E-state index in [4.69, 9.17) is 4.74 Å². The summed E-state index contributed by atoms with van der Waals surface area (Å²) in [5.74, 6) is -0.650. The Balaban J connectivity index is 1.63. The van der Waals surface area contributed by atoms with Gasteiger partial charge in [-0.25, -0.2) is 9.50 Å². The molecule has 30 heavy (non-hydrogen) atoms. The summed E-state index contributed by atoms with van der Waals surface area (Å²) in [6, 6.07) is 17.2. The van der Waals surface area contributed by atoms with E-state index < -0.39 is 18.7 Å². The van der Waals surface area contributed by atoms with Gasteiger partial charge in [-0.05, 0) is 18.2 Å². The molecular formula is C21H15F3N4O2. The highest BCUT2D eigenvalue weighted by molar-refractivity contribution is 6.08. The molecule has 6 nitrogen and oxygen atoms in total. The van der Waals surface area contributed by atoms with Crippen molar-refractivity contribution in [2.45, 2.75) is 6.18 Å². The number of aromatic nitrogens is 3. The van der Waals surface area contributed by atoms with Crippen molar-refractivity contribution in [2.24, 2.45) is 0 Å². The first-order chi connectivity index (χ1) is 14.4. The monoisotopic (exact) mass is 412 g/mol. The van der Waals surface area contributed by atoms with Gasteiger partial charge in [0.25, 0.3) is 5.91 Å². The highest BCUT2D eigenvalue weighted by Gasteiger charge is 2.29. The van der Waals surface area contributed by atoms with Crippen molar-refractivity contribution in [3.8, 4) is 17.0 Å². The van der Waals surface area contributed by atoms with Crippen molar-refractivity contribution >= 4 is 17.2 Å². The zero-order valence-electron chi connectivity index (χ0n) is 15.4. The fourth-order valence-electron chi connectivity index (χ4n) is 2.92. The predicted octanol–water partition coefficient (Wildman–Crippen LogP) is 4.59. The van der Waals surface area contributed by atoms with Crippen molar-refractivity contribution in [1.82, 2.24) is 14.6 Å². The normalized spacial score (nSPS) is 11.4. The topological polar surface area (TPSA) is 68.5 Å². The highest BCUT2D eigenvalue weighted by atomic mass is 19.4. The Hall–Kier alpha value is -3.88. The smallest absolute Gasteiger partial charge is 0.422 e. The van der Waals surface area contributed by atoms with E-state index in [1.54, 1.807) is 18.3 Å². The average Bonchev–Trinajstić information content (AvgIpc) is 3.17. The van der Waals surface area contributed by atoms with Gasteiger partial charge in [0.15, 0.2) is 12.3 Å². The van der Waals surface area contributed by atoms with E-state index in [0.717, 1.165) is 11.3 Å². The molecule has 1 amide bonds. The highest BCUT2D eigenvalue weighted by Crippen LogP contribution is 2.27. The van der Waals surface area contributed by atoms with E-state index >= 15 is 0 Å². The Labute approximate surface area is 168 Å². The summed E-state index contributed by atoms with van der Waals surface area (Å²) in [4.78, 5) is 17.0. The number of benzene rings is 2. The molecule has 1 N–H and O–H groups in total. The number of para-hydroxylation sites is 2. The van der Waals surface area contributed by atoms with E-state index in [1.807, 2.05) is 30.3 Å². The van der Waals surface area contributed by atoms with Crippen molar-refractivity contribution in [2.75, 3.05) is 11.9 Å². The van der Waals surface area contributed by atoms with E-state index in [1.165, 1.54) is 28.9 Å². The van der Waals surface area contributed by atoms with E-state index in [9.17, 15) is 18.0 Å². The Kier molecular flexibility index (Phi) is 5.09. The number of amides is 1. The van der Waals surface area contributed by atoms with E-state index in [-0.39, 0.29) is 17.0 Å². The molecule has 4 rings (SSSR count). The first kappa shape index (κ1) is 19.4. The van der Waals surface area contributed by atoms with Crippen molar-refractivity contribution < 1.29 is 22.7 Å². The number of carbonyl (C=O) groups excluding carboxylic acids is 1. The molecule has 0 saturated heterocycles. The molecule has 0 unspecified atom stereocenters. The number of anilines is 1. The molecule has 0 saturated carbocycles. The first-order valence-corrected chi connectivity index (χ1v) is 8.90. The first-order valence-electron chi connectivity index (χ1n) is 8.90. The Bertz CT molecular complexity index is 1190. The largest absolute Gasteiger partial charge is 0.482 e. The zero-order valence-corrected chi connectivity index (χ0v) is 15.4. The SMILES string of the molecule is O=C(Nc1ccccc1OCC(F)(F)F)c1cnn2c(-c3ccccc3)ccnc12. The van der Waals surface area contributed by atoms with Crippen LogP contribution in [0.5, 0.6) is 5.75 Å². The van der Waals surface area contributed by atoms with Gasteiger partial charge in [0, 0.05) is 11.8 Å². The molecule has 2 heterocycles. The molecule has 152 valence electrons. The lowest BCUT2D eigenvalue weighted by Crippen LogP contribution is -2.20. The van der Waals surface area contributed by atoms with Crippen molar-refractivity contribution in [1.29, 1.82) is 0 Å². The van der Waals surface area contributed by atoms with Crippen LogP contribution in [0.1, 0.15) is 10.4 Å². The maximum absolute atomic E-state index is 12.8. The van der Waals surface area contributed by atoms with Gasteiger partial charge in [0.2, 0.25) is 0 Å². The van der Waals surface area contributed by atoms with Crippen LogP contribution < -0.4 is 10.1 Å². The maximum Gasteiger partial charge on any atom is 0.422 e. The molecule has 0 bridgehead atoms. The van der Waals surface area contributed by atoms with Gasteiger partial charge < -0.3 is 10.1 Å². The van der Waals surface area contributed by atoms with Gasteiger partial charge in [0.1, 0.15) is 11.3 Å². The Morgan fingerprint density at radius 3 is 2.53 bits per heavy atom.